The highest BCUT2D eigenvalue weighted by Crippen LogP contribution is 2.28. The quantitative estimate of drug-likeness (QED) is 0.834. The summed E-state index contributed by atoms with van der Waals surface area (Å²) in [5, 5.41) is 17.6. The molecule has 2 aromatic carbocycles. The minimum Gasteiger partial charge on any atom is -0.456 e. The molecule has 0 aliphatic carbocycles. The second kappa shape index (κ2) is 5.07. The summed E-state index contributed by atoms with van der Waals surface area (Å²) >= 11 is 0. The Morgan fingerprint density at radius 3 is 2.53 bits per heavy atom. The van der Waals surface area contributed by atoms with Crippen LogP contribution in [0.3, 0.4) is 0 Å². The van der Waals surface area contributed by atoms with Crippen molar-refractivity contribution in [3.63, 3.8) is 0 Å². The Morgan fingerprint density at radius 1 is 1.11 bits per heavy atom. The fourth-order valence-electron chi connectivity index (χ4n) is 1.53. The van der Waals surface area contributed by atoms with Crippen molar-refractivity contribution in [2.75, 3.05) is 5.73 Å². The standard InChI is InChI=1S/C14H8FN3O/c15-12-2-1-3-14(11(12)8-17)19-10-5-4-9(7-16)13(18)6-10/h1-6H,18H2. The fourth-order valence-corrected chi connectivity index (χ4v) is 1.53. The summed E-state index contributed by atoms with van der Waals surface area (Å²) in [6.45, 7) is 0. The molecule has 0 heterocycles. The summed E-state index contributed by atoms with van der Waals surface area (Å²) in [6, 6.07) is 12.2. The van der Waals surface area contributed by atoms with Gasteiger partial charge in [0.15, 0.2) is 0 Å². The molecule has 92 valence electrons. The Kier molecular flexibility index (Phi) is 3.31. The highest BCUT2D eigenvalue weighted by Gasteiger charge is 2.10. The molecule has 0 aromatic heterocycles. The van der Waals surface area contributed by atoms with E-state index in [1.807, 2.05) is 6.07 Å². The van der Waals surface area contributed by atoms with Gasteiger partial charge in [0.2, 0.25) is 0 Å². The number of nitriles is 2. The molecule has 5 heteroatoms. The maximum atomic E-state index is 13.4. The van der Waals surface area contributed by atoms with E-state index >= 15 is 0 Å². The Balaban J connectivity index is 2.38. The molecule has 0 radical (unpaired) electrons. The number of hydrogen-bond donors (Lipinski definition) is 1. The van der Waals surface area contributed by atoms with Gasteiger partial charge in [0.05, 0.1) is 11.3 Å². The number of benzene rings is 2. The van der Waals surface area contributed by atoms with E-state index in [0.29, 0.717) is 11.3 Å². The van der Waals surface area contributed by atoms with Crippen molar-refractivity contribution in [3.8, 4) is 23.6 Å². The monoisotopic (exact) mass is 253 g/mol. The predicted molar refractivity (Wildman–Crippen MR) is 66.8 cm³/mol. The number of nitrogens with two attached hydrogens (primary N) is 1. The summed E-state index contributed by atoms with van der Waals surface area (Å²) in [5.41, 5.74) is 6.05. The molecular weight excluding hydrogens is 245 g/mol. The molecule has 0 fully saturated rings. The molecule has 19 heavy (non-hydrogen) atoms. The van der Waals surface area contributed by atoms with Gasteiger partial charge in [0.1, 0.15) is 35.0 Å². The van der Waals surface area contributed by atoms with E-state index in [0.717, 1.165) is 0 Å². The van der Waals surface area contributed by atoms with Gasteiger partial charge in [-0.05, 0) is 24.3 Å². The maximum Gasteiger partial charge on any atom is 0.148 e. The Bertz CT molecular complexity index is 714. The number of rotatable bonds is 2. The van der Waals surface area contributed by atoms with Crippen LogP contribution in [0.15, 0.2) is 36.4 Å². The third-order valence-electron chi connectivity index (χ3n) is 2.46. The number of ether oxygens (including phenoxy) is 1. The van der Waals surface area contributed by atoms with E-state index in [2.05, 4.69) is 0 Å². The van der Waals surface area contributed by atoms with E-state index in [1.54, 1.807) is 6.07 Å². The largest absolute Gasteiger partial charge is 0.456 e. The van der Waals surface area contributed by atoms with E-state index in [1.165, 1.54) is 36.4 Å². The van der Waals surface area contributed by atoms with Gasteiger partial charge in [-0.2, -0.15) is 10.5 Å². The van der Waals surface area contributed by atoms with Crippen molar-refractivity contribution in [1.82, 2.24) is 0 Å². The second-order valence-corrected chi connectivity index (χ2v) is 3.69. The first kappa shape index (κ1) is 12.4. The number of hydrogen-bond acceptors (Lipinski definition) is 4. The third-order valence-corrected chi connectivity index (χ3v) is 2.46. The van der Waals surface area contributed by atoms with Crippen LogP contribution >= 0.6 is 0 Å². The predicted octanol–water partition coefficient (Wildman–Crippen LogP) is 2.94. The molecule has 4 nitrogen and oxygen atoms in total. The molecule has 0 bridgehead atoms. The zero-order chi connectivity index (χ0) is 13.8. The van der Waals surface area contributed by atoms with Crippen molar-refractivity contribution in [2.45, 2.75) is 0 Å². The Morgan fingerprint density at radius 2 is 1.89 bits per heavy atom. The lowest BCUT2D eigenvalue weighted by Gasteiger charge is -2.08. The van der Waals surface area contributed by atoms with Crippen molar-refractivity contribution in [2.24, 2.45) is 0 Å². The van der Waals surface area contributed by atoms with Crippen molar-refractivity contribution in [1.29, 1.82) is 10.5 Å². The van der Waals surface area contributed by atoms with Crippen LogP contribution in [-0.4, -0.2) is 0 Å². The number of nitrogens with zero attached hydrogens (tertiary/aromatic N) is 2. The van der Waals surface area contributed by atoms with Crippen LogP contribution in [0.25, 0.3) is 0 Å². The minimum atomic E-state index is -0.651. The molecule has 0 spiro atoms. The van der Waals surface area contributed by atoms with Crippen molar-refractivity contribution in [3.05, 3.63) is 53.3 Å². The highest BCUT2D eigenvalue weighted by atomic mass is 19.1. The van der Waals surface area contributed by atoms with Crippen LogP contribution in [0.2, 0.25) is 0 Å². The van der Waals surface area contributed by atoms with Gasteiger partial charge in [-0.25, -0.2) is 4.39 Å². The first-order valence-electron chi connectivity index (χ1n) is 5.32. The molecular formula is C14H8FN3O. The SMILES string of the molecule is N#Cc1ccc(Oc2cccc(F)c2C#N)cc1N. The molecule has 0 aliphatic heterocycles. The summed E-state index contributed by atoms with van der Waals surface area (Å²) in [7, 11) is 0. The number of halogens is 1. The molecule has 0 unspecified atom stereocenters. The smallest absolute Gasteiger partial charge is 0.148 e. The lowest BCUT2D eigenvalue weighted by atomic mass is 10.2. The summed E-state index contributed by atoms with van der Waals surface area (Å²) < 4.78 is 18.8. The van der Waals surface area contributed by atoms with Gasteiger partial charge >= 0.3 is 0 Å². The first-order valence-corrected chi connectivity index (χ1v) is 5.32. The van der Waals surface area contributed by atoms with Crippen LogP contribution in [0.4, 0.5) is 10.1 Å². The molecule has 0 saturated heterocycles. The van der Waals surface area contributed by atoms with Crippen LogP contribution in [-0.2, 0) is 0 Å². The fraction of sp³-hybridized carbons (Fsp3) is 0. The van der Waals surface area contributed by atoms with Crippen molar-refractivity contribution < 1.29 is 9.13 Å². The molecule has 0 atom stereocenters. The van der Waals surface area contributed by atoms with Gasteiger partial charge in [-0.3, -0.25) is 0 Å². The highest BCUT2D eigenvalue weighted by molar-refractivity contribution is 5.58. The molecule has 0 aliphatic rings. The average molecular weight is 253 g/mol. The van der Waals surface area contributed by atoms with E-state index in [4.69, 9.17) is 21.0 Å². The lowest BCUT2D eigenvalue weighted by Crippen LogP contribution is -1.94. The van der Waals surface area contributed by atoms with Crippen LogP contribution in [0.1, 0.15) is 11.1 Å². The molecule has 2 aromatic rings. The van der Waals surface area contributed by atoms with Gasteiger partial charge in [-0.1, -0.05) is 6.07 Å². The van der Waals surface area contributed by atoms with Gasteiger partial charge in [0.25, 0.3) is 0 Å². The average Bonchev–Trinajstić information content (AvgIpc) is 2.39. The van der Waals surface area contributed by atoms with Gasteiger partial charge in [0, 0.05) is 6.07 Å². The zero-order valence-electron chi connectivity index (χ0n) is 9.72. The van der Waals surface area contributed by atoms with Crippen LogP contribution in [0, 0.1) is 28.5 Å². The molecule has 0 saturated carbocycles. The normalized spacial score (nSPS) is 9.42. The zero-order valence-corrected chi connectivity index (χ0v) is 9.72. The Labute approximate surface area is 109 Å². The molecule has 0 amide bonds. The second-order valence-electron chi connectivity index (χ2n) is 3.69. The lowest BCUT2D eigenvalue weighted by molar-refractivity contribution is 0.474. The summed E-state index contributed by atoms with van der Waals surface area (Å²) in [6.07, 6.45) is 0. The third kappa shape index (κ3) is 2.46. The van der Waals surface area contributed by atoms with Gasteiger partial charge in [-0.15, -0.1) is 0 Å². The number of nitrogen functional groups attached to an aromatic ring is 1. The number of anilines is 1. The first-order chi connectivity index (χ1) is 9.15. The van der Waals surface area contributed by atoms with E-state index in [9.17, 15) is 4.39 Å². The molecule has 2 N–H and O–H groups in total. The van der Waals surface area contributed by atoms with Crippen molar-refractivity contribution >= 4 is 5.69 Å². The van der Waals surface area contributed by atoms with Crippen LogP contribution < -0.4 is 10.5 Å². The maximum absolute atomic E-state index is 13.4. The summed E-state index contributed by atoms with van der Waals surface area (Å²) in [4.78, 5) is 0. The summed E-state index contributed by atoms with van der Waals surface area (Å²) in [5.74, 6) is -0.216. The topological polar surface area (TPSA) is 82.8 Å². The molecule has 2 rings (SSSR count). The van der Waals surface area contributed by atoms with E-state index in [-0.39, 0.29) is 17.0 Å². The van der Waals surface area contributed by atoms with Gasteiger partial charge < -0.3 is 10.5 Å². The Hall–Kier alpha value is -3.05. The van der Waals surface area contributed by atoms with Crippen LogP contribution in [0.5, 0.6) is 11.5 Å². The minimum absolute atomic E-state index is 0.103. The van der Waals surface area contributed by atoms with E-state index < -0.39 is 5.82 Å².